The van der Waals surface area contributed by atoms with E-state index in [-0.39, 0.29) is 9.79 Å². The summed E-state index contributed by atoms with van der Waals surface area (Å²) in [4.78, 5) is 14.2. The lowest BCUT2D eigenvalue weighted by Crippen LogP contribution is -2.55. The summed E-state index contributed by atoms with van der Waals surface area (Å²) < 4.78 is 47.1. The fourth-order valence-corrected chi connectivity index (χ4v) is 4.60. The molecule has 1 aliphatic heterocycles. The minimum atomic E-state index is -3.96. The zero-order valence-electron chi connectivity index (χ0n) is 13.9. The second-order valence-corrected chi connectivity index (χ2v) is 10.8. The average molecular weight is 374 g/mol. The van der Waals surface area contributed by atoms with E-state index in [0.717, 1.165) is 6.26 Å². The molecule has 2 rings (SSSR count). The molecule has 1 heterocycles. The smallest absolute Gasteiger partial charge is 0.243 e. The highest BCUT2D eigenvalue weighted by molar-refractivity contribution is 7.93. The fraction of sp³-hybridized carbons (Fsp3) is 0.533. The maximum atomic E-state index is 12.9. The second kappa shape index (κ2) is 6.45. The maximum absolute atomic E-state index is 12.9. The van der Waals surface area contributed by atoms with Crippen LogP contribution in [0.2, 0.25) is 0 Å². The molecule has 1 aliphatic rings. The number of hydrogen-bond donors (Lipinski definition) is 1. The highest BCUT2D eigenvalue weighted by Gasteiger charge is 2.45. The normalized spacial score (nSPS) is 16.9. The molecule has 0 aliphatic carbocycles. The second-order valence-electron chi connectivity index (χ2n) is 6.30. The van der Waals surface area contributed by atoms with Gasteiger partial charge in [0, 0.05) is 32.4 Å². The molecule has 0 aromatic heterocycles. The summed E-state index contributed by atoms with van der Waals surface area (Å²) in [5.41, 5.74) is 0. The molecule has 134 valence electrons. The number of nitrogens with one attached hydrogen (secondary N) is 1. The van der Waals surface area contributed by atoms with Gasteiger partial charge in [-0.2, -0.15) is 0 Å². The molecule has 1 aromatic rings. The Labute approximate surface area is 142 Å². The SMILES string of the molecule is CC(C)(C(=O)N1CCNCC1)S(=O)(=O)c1ccc(S(C)(=O)=O)cc1. The van der Waals surface area contributed by atoms with Crippen LogP contribution in [-0.2, 0) is 24.5 Å². The monoisotopic (exact) mass is 374 g/mol. The van der Waals surface area contributed by atoms with Gasteiger partial charge in [0.05, 0.1) is 9.79 Å². The molecule has 0 bridgehead atoms. The van der Waals surface area contributed by atoms with Crippen molar-refractivity contribution < 1.29 is 21.6 Å². The predicted octanol–water partition coefficient (Wildman–Crippen LogP) is 0.0742. The van der Waals surface area contributed by atoms with Gasteiger partial charge in [-0.15, -0.1) is 0 Å². The summed E-state index contributed by atoms with van der Waals surface area (Å²) in [7, 11) is -7.37. The Morgan fingerprint density at radius 1 is 1.00 bits per heavy atom. The van der Waals surface area contributed by atoms with Gasteiger partial charge in [-0.3, -0.25) is 4.79 Å². The van der Waals surface area contributed by atoms with Gasteiger partial charge in [0.2, 0.25) is 5.91 Å². The van der Waals surface area contributed by atoms with Gasteiger partial charge in [0.25, 0.3) is 0 Å². The van der Waals surface area contributed by atoms with Gasteiger partial charge in [0.1, 0.15) is 4.75 Å². The third-order valence-electron chi connectivity index (χ3n) is 4.15. The molecular weight excluding hydrogens is 352 g/mol. The van der Waals surface area contributed by atoms with Crippen molar-refractivity contribution in [2.75, 3.05) is 32.4 Å². The van der Waals surface area contributed by atoms with Crippen molar-refractivity contribution in [3.05, 3.63) is 24.3 Å². The highest BCUT2D eigenvalue weighted by Crippen LogP contribution is 2.28. The van der Waals surface area contributed by atoms with Gasteiger partial charge < -0.3 is 10.2 Å². The van der Waals surface area contributed by atoms with Gasteiger partial charge in [-0.1, -0.05) is 0 Å². The molecular formula is C15H22N2O5S2. The molecule has 7 nitrogen and oxygen atoms in total. The zero-order valence-corrected chi connectivity index (χ0v) is 15.6. The number of amides is 1. The van der Waals surface area contributed by atoms with Crippen molar-refractivity contribution in [3.63, 3.8) is 0 Å². The van der Waals surface area contributed by atoms with E-state index in [9.17, 15) is 21.6 Å². The van der Waals surface area contributed by atoms with Crippen LogP contribution in [0, 0.1) is 0 Å². The van der Waals surface area contributed by atoms with E-state index in [1.54, 1.807) is 4.90 Å². The molecule has 0 spiro atoms. The van der Waals surface area contributed by atoms with Crippen LogP contribution in [0.3, 0.4) is 0 Å². The Morgan fingerprint density at radius 2 is 1.46 bits per heavy atom. The van der Waals surface area contributed by atoms with Crippen molar-refractivity contribution >= 4 is 25.6 Å². The van der Waals surface area contributed by atoms with E-state index in [4.69, 9.17) is 0 Å². The Morgan fingerprint density at radius 3 is 1.92 bits per heavy atom. The predicted molar refractivity (Wildman–Crippen MR) is 90.3 cm³/mol. The lowest BCUT2D eigenvalue weighted by Gasteiger charge is -2.34. The van der Waals surface area contributed by atoms with E-state index >= 15 is 0 Å². The third kappa shape index (κ3) is 3.47. The minimum absolute atomic E-state index is 0.0349. The van der Waals surface area contributed by atoms with Crippen LogP contribution in [0.15, 0.2) is 34.1 Å². The molecule has 9 heteroatoms. The molecule has 1 aromatic carbocycles. The molecule has 1 amide bonds. The van der Waals surface area contributed by atoms with Crippen LogP contribution in [0.1, 0.15) is 13.8 Å². The molecule has 0 unspecified atom stereocenters. The van der Waals surface area contributed by atoms with Crippen molar-refractivity contribution in [3.8, 4) is 0 Å². The van der Waals surface area contributed by atoms with Crippen LogP contribution in [0.25, 0.3) is 0 Å². The van der Waals surface area contributed by atoms with Crippen LogP contribution in [0.5, 0.6) is 0 Å². The van der Waals surface area contributed by atoms with Crippen LogP contribution < -0.4 is 5.32 Å². The standard InChI is InChI=1S/C15H22N2O5S2/c1-15(2,14(18)17-10-8-16-9-11-17)24(21,22)13-6-4-12(5-7-13)23(3,19)20/h4-7,16H,8-11H2,1-3H3. The maximum Gasteiger partial charge on any atom is 0.243 e. The topological polar surface area (TPSA) is 101 Å². The molecule has 1 saturated heterocycles. The molecule has 0 radical (unpaired) electrons. The zero-order chi connectivity index (χ0) is 18.2. The third-order valence-corrected chi connectivity index (χ3v) is 7.69. The van der Waals surface area contributed by atoms with Crippen molar-refractivity contribution in [2.24, 2.45) is 0 Å². The number of carbonyl (C=O) groups is 1. The lowest BCUT2D eigenvalue weighted by atomic mass is 10.1. The minimum Gasteiger partial charge on any atom is -0.339 e. The Balaban J connectivity index is 2.35. The first kappa shape index (κ1) is 18.9. The first-order valence-electron chi connectivity index (χ1n) is 7.53. The van der Waals surface area contributed by atoms with Crippen molar-refractivity contribution in [1.29, 1.82) is 0 Å². The number of carbonyl (C=O) groups excluding carboxylic acids is 1. The van der Waals surface area contributed by atoms with E-state index in [0.29, 0.717) is 26.2 Å². The summed E-state index contributed by atoms with van der Waals surface area (Å²) >= 11 is 0. The lowest BCUT2D eigenvalue weighted by molar-refractivity contribution is -0.133. The van der Waals surface area contributed by atoms with E-state index in [1.165, 1.54) is 38.1 Å². The molecule has 1 fully saturated rings. The first-order valence-corrected chi connectivity index (χ1v) is 10.9. The van der Waals surface area contributed by atoms with Crippen molar-refractivity contribution in [1.82, 2.24) is 10.2 Å². The van der Waals surface area contributed by atoms with Crippen molar-refractivity contribution in [2.45, 2.75) is 28.4 Å². The van der Waals surface area contributed by atoms with E-state index in [1.807, 2.05) is 0 Å². The number of benzene rings is 1. The summed E-state index contributed by atoms with van der Waals surface area (Å²) in [6.07, 6.45) is 1.05. The van der Waals surface area contributed by atoms with Crippen LogP contribution in [0.4, 0.5) is 0 Å². The Kier molecular flexibility index (Phi) is 5.08. The van der Waals surface area contributed by atoms with Gasteiger partial charge in [-0.25, -0.2) is 16.8 Å². The summed E-state index contributed by atoms with van der Waals surface area (Å²) in [6.45, 7) is 4.96. The Bertz CT molecular complexity index is 821. The van der Waals surface area contributed by atoms with Gasteiger partial charge in [-0.05, 0) is 38.1 Å². The van der Waals surface area contributed by atoms with Gasteiger partial charge >= 0.3 is 0 Å². The summed E-state index contributed by atoms with van der Waals surface area (Å²) in [5.74, 6) is -0.448. The Hall–Kier alpha value is -1.45. The number of piperazine rings is 1. The first-order chi connectivity index (χ1) is 11.0. The largest absolute Gasteiger partial charge is 0.339 e. The molecule has 1 N–H and O–H groups in total. The molecule has 24 heavy (non-hydrogen) atoms. The number of hydrogen-bond acceptors (Lipinski definition) is 6. The van der Waals surface area contributed by atoms with E-state index in [2.05, 4.69) is 5.32 Å². The summed E-state index contributed by atoms with van der Waals surface area (Å²) in [5, 5.41) is 3.11. The molecule has 0 atom stereocenters. The van der Waals surface area contributed by atoms with Crippen LogP contribution >= 0.6 is 0 Å². The highest BCUT2D eigenvalue weighted by atomic mass is 32.2. The van der Waals surface area contributed by atoms with E-state index < -0.39 is 30.3 Å². The number of sulfone groups is 2. The fourth-order valence-electron chi connectivity index (χ4n) is 2.52. The quantitative estimate of drug-likeness (QED) is 0.801. The van der Waals surface area contributed by atoms with Crippen LogP contribution in [-0.4, -0.2) is 64.8 Å². The number of nitrogens with zero attached hydrogens (tertiary/aromatic N) is 1. The van der Waals surface area contributed by atoms with Gasteiger partial charge in [0.15, 0.2) is 19.7 Å². The molecule has 0 saturated carbocycles. The summed E-state index contributed by atoms with van der Waals surface area (Å²) in [6, 6.07) is 4.96. The number of rotatable bonds is 4. The average Bonchev–Trinajstić information content (AvgIpc) is 2.54.